The fourth-order valence-electron chi connectivity index (χ4n) is 7.40. The van der Waals surface area contributed by atoms with Gasteiger partial charge in [-0.15, -0.1) is 0 Å². The van der Waals surface area contributed by atoms with Crippen LogP contribution >= 0.6 is 0 Å². The van der Waals surface area contributed by atoms with Crippen LogP contribution in [0.4, 0.5) is 0 Å². The van der Waals surface area contributed by atoms with Crippen molar-refractivity contribution < 1.29 is 28.2 Å². The maximum absolute atomic E-state index is 13.4. The molecule has 3 heterocycles. The number of amides is 1. The highest BCUT2D eigenvalue weighted by Crippen LogP contribution is 2.57. The Bertz CT molecular complexity index is 1290. The van der Waals surface area contributed by atoms with Crippen LogP contribution in [0.15, 0.2) is 35.4 Å². The largest absolute Gasteiger partial charge is 0.494 e. The number of aromatic hydroxyl groups is 2. The Morgan fingerprint density at radius 3 is 2.32 bits per heavy atom. The summed E-state index contributed by atoms with van der Waals surface area (Å²) in [7, 11) is -3.98. The van der Waals surface area contributed by atoms with Crippen LogP contribution in [0.5, 0.6) is 11.8 Å². The highest BCUT2D eigenvalue weighted by atomic mass is 32.2. The molecule has 1 saturated heterocycles. The smallest absolute Gasteiger partial charge is 0.253 e. The standard InChI is InChI=1S/C26H35N5O6S/c1-25(24(34)29-14-26(27)18-9-16-8-17(11-18)12-19(26)10-16)15-30(6-7-37-25)38(35,36)20-2-3-21(28-13-20)31-22(32)4-5-23(31)33/h2-5,13,16-19,32-33H,6-12,14-15,27H2,1H3,(H,29,34)/t16?,17?,18?,19?,25-,26?/m0/s1. The van der Waals surface area contributed by atoms with Crippen molar-refractivity contribution >= 4 is 15.9 Å². The Hall–Kier alpha value is -2.67. The number of hydrogen-bond acceptors (Lipinski definition) is 8. The quantitative estimate of drug-likeness (QED) is 0.423. The Morgan fingerprint density at radius 2 is 1.74 bits per heavy atom. The van der Waals surface area contributed by atoms with Crippen molar-refractivity contribution in [2.45, 2.75) is 55.1 Å². The second-order valence-corrected chi connectivity index (χ2v) is 13.7. The third-order valence-corrected chi connectivity index (χ3v) is 11.2. The number of aromatic nitrogens is 2. The van der Waals surface area contributed by atoms with Gasteiger partial charge in [0.05, 0.1) is 13.2 Å². The van der Waals surface area contributed by atoms with E-state index in [0.717, 1.165) is 42.1 Å². The van der Waals surface area contributed by atoms with Crippen LogP contribution in [-0.4, -0.2) is 75.8 Å². The van der Waals surface area contributed by atoms with E-state index >= 15 is 0 Å². The molecule has 2 aromatic rings. The summed E-state index contributed by atoms with van der Waals surface area (Å²) < 4.78 is 35.0. The average Bonchev–Trinajstić information content (AvgIpc) is 3.23. The molecule has 1 amide bonds. The van der Waals surface area contributed by atoms with Gasteiger partial charge in [0.25, 0.3) is 5.91 Å². The summed E-state index contributed by atoms with van der Waals surface area (Å²) in [4.78, 5) is 17.4. The van der Waals surface area contributed by atoms with Gasteiger partial charge in [0.1, 0.15) is 10.7 Å². The first-order valence-corrected chi connectivity index (χ1v) is 14.7. The summed E-state index contributed by atoms with van der Waals surface area (Å²) in [5, 5.41) is 22.8. The number of carbonyl (C=O) groups excluding carboxylic acids is 1. The molecule has 0 radical (unpaired) electrons. The summed E-state index contributed by atoms with van der Waals surface area (Å²) in [5.74, 6) is 1.72. The summed E-state index contributed by atoms with van der Waals surface area (Å²) >= 11 is 0. The van der Waals surface area contributed by atoms with E-state index in [1.165, 1.54) is 41.2 Å². The van der Waals surface area contributed by atoms with Crippen molar-refractivity contribution in [3.05, 3.63) is 30.5 Å². The van der Waals surface area contributed by atoms with Crippen LogP contribution in [0, 0.1) is 23.7 Å². The van der Waals surface area contributed by atoms with E-state index in [9.17, 15) is 23.4 Å². The van der Waals surface area contributed by atoms with Crippen LogP contribution in [0.1, 0.15) is 39.0 Å². The number of nitrogens with one attached hydrogen (secondary N) is 1. The predicted octanol–water partition coefficient (Wildman–Crippen LogP) is 1.33. The number of carbonyl (C=O) groups is 1. The van der Waals surface area contributed by atoms with Crippen molar-refractivity contribution in [2.24, 2.45) is 29.4 Å². The Balaban J connectivity index is 1.14. The SMILES string of the molecule is C[C@@]1(C(=O)NCC2(N)C3CC4CC(C3)CC2C4)CN(S(=O)(=O)c2ccc(-n3c(O)ccc3O)nc2)CCO1. The van der Waals surface area contributed by atoms with Gasteiger partial charge in [-0.25, -0.2) is 18.0 Å². The highest BCUT2D eigenvalue weighted by Gasteiger charge is 2.55. The number of ether oxygens (including phenoxy) is 1. The molecule has 4 saturated carbocycles. The Kier molecular flexibility index (Phi) is 6.02. The molecule has 0 spiro atoms. The molecule has 5 N–H and O–H groups in total. The minimum atomic E-state index is -3.98. The van der Waals surface area contributed by atoms with Crippen LogP contribution < -0.4 is 11.1 Å². The maximum Gasteiger partial charge on any atom is 0.253 e. The number of nitrogens with zero attached hydrogens (tertiary/aromatic N) is 3. The van der Waals surface area contributed by atoms with Crippen LogP contribution in [0.2, 0.25) is 0 Å². The fourth-order valence-corrected chi connectivity index (χ4v) is 8.86. The second kappa shape index (κ2) is 8.94. The molecule has 12 heteroatoms. The molecule has 4 bridgehead atoms. The lowest BCUT2D eigenvalue weighted by molar-refractivity contribution is -0.153. The number of nitrogens with two attached hydrogens (primary N) is 1. The highest BCUT2D eigenvalue weighted by molar-refractivity contribution is 7.89. The second-order valence-electron chi connectivity index (χ2n) is 11.8. The summed E-state index contributed by atoms with van der Waals surface area (Å²) in [6.45, 7) is 2.01. The van der Waals surface area contributed by atoms with Crippen molar-refractivity contribution in [1.82, 2.24) is 19.2 Å². The molecule has 0 unspecified atom stereocenters. The van der Waals surface area contributed by atoms with E-state index in [1.807, 2.05) is 0 Å². The third-order valence-electron chi connectivity index (χ3n) is 9.36. The van der Waals surface area contributed by atoms with Gasteiger partial charge in [-0.05, 0) is 74.8 Å². The normalized spacial score (nSPS) is 34.9. The molecule has 11 nitrogen and oxygen atoms in total. The lowest BCUT2D eigenvalue weighted by Crippen LogP contribution is -2.68. The van der Waals surface area contributed by atoms with E-state index < -0.39 is 21.2 Å². The maximum atomic E-state index is 13.4. The molecule has 5 fully saturated rings. The van der Waals surface area contributed by atoms with Crippen molar-refractivity contribution in [3.63, 3.8) is 0 Å². The Morgan fingerprint density at radius 1 is 1.11 bits per heavy atom. The van der Waals surface area contributed by atoms with Gasteiger partial charge in [0, 0.05) is 37.0 Å². The van der Waals surface area contributed by atoms with E-state index in [1.54, 1.807) is 6.92 Å². The van der Waals surface area contributed by atoms with Gasteiger partial charge in [-0.2, -0.15) is 4.31 Å². The molecule has 1 aliphatic heterocycles. The lowest BCUT2D eigenvalue weighted by atomic mass is 9.49. The monoisotopic (exact) mass is 545 g/mol. The Labute approximate surface area is 222 Å². The van der Waals surface area contributed by atoms with Crippen molar-refractivity contribution in [3.8, 4) is 17.6 Å². The van der Waals surface area contributed by atoms with Crippen molar-refractivity contribution in [1.29, 1.82) is 0 Å². The predicted molar refractivity (Wildman–Crippen MR) is 137 cm³/mol. The van der Waals surface area contributed by atoms with E-state index in [4.69, 9.17) is 10.5 Å². The van der Waals surface area contributed by atoms with Crippen molar-refractivity contribution in [2.75, 3.05) is 26.2 Å². The zero-order valence-corrected chi connectivity index (χ0v) is 22.2. The molecule has 1 atom stereocenters. The molecule has 2 aromatic heterocycles. The van der Waals surface area contributed by atoms with Gasteiger partial charge in [-0.3, -0.25) is 4.79 Å². The molecule has 0 aromatic carbocycles. The molecule has 38 heavy (non-hydrogen) atoms. The number of rotatable bonds is 6. The van der Waals surface area contributed by atoms with Crippen LogP contribution in [0.25, 0.3) is 5.82 Å². The van der Waals surface area contributed by atoms with Gasteiger partial charge in [-0.1, -0.05) is 0 Å². The summed E-state index contributed by atoms with van der Waals surface area (Å²) in [6, 6.07) is 5.35. The summed E-state index contributed by atoms with van der Waals surface area (Å²) in [5.41, 5.74) is 5.17. The first kappa shape index (κ1) is 25.6. The molecular weight excluding hydrogens is 510 g/mol. The number of pyridine rings is 1. The minimum Gasteiger partial charge on any atom is -0.494 e. The van der Waals surface area contributed by atoms with Crippen LogP contribution in [-0.2, 0) is 19.6 Å². The molecule has 206 valence electrons. The first-order chi connectivity index (χ1) is 18.0. The van der Waals surface area contributed by atoms with Gasteiger partial charge >= 0.3 is 0 Å². The summed E-state index contributed by atoms with van der Waals surface area (Å²) in [6.07, 6.45) is 7.03. The van der Waals surface area contributed by atoms with E-state index in [-0.39, 0.29) is 48.1 Å². The van der Waals surface area contributed by atoms with E-state index in [2.05, 4.69) is 10.3 Å². The average molecular weight is 546 g/mol. The van der Waals surface area contributed by atoms with Gasteiger partial charge in [0.15, 0.2) is 17.4 Å². The molecule has 4 aliphatic carbocycles. The number of morpholine rings is 1. The molecular formula is C26H35N5O6S. The fraction of sp³-hybridized carbons (Fsp3) is 0.615. The topological polar surface area (TPSA) is 160 Å². The lowest BCUT2D eigenvalue weighted by Gasteiger charge is -2.60. The van der Waals surface area contributed by atoms with E-state index in [0.29, 0.717) is 18.4 Å². The molecule has 7 rings (SSSR count). The van der Waals surface area contributed by atoms with Gasteiger partial charge < -0.3 is 26.0 Å². The number of hydrogen-bond donors (Lipinski definition) is 4. The first-order valence-electron chi connectivity index (χ1n) is 13.3. The van der Waals surface area contributed by atoms with Crippen LogP contribution in [0.3, 0.4) is 0 Å². The zero-order valence-electron chi connectivity index (χ0n) is 21.4. The minimum absolute atomic E-state index is 0.0634. The molecule has 5 aliphatic rings. The third kappa shape index (κ3) is 4.09. The number of sulfonamides is 1. The zero-order chi connectivity index (χ0) is 26.9. The van der Waals surface area contributed by atoms with Gasteiger partial charge in [0.2, 0.25) is 10.0 Å².